The predicted octanol–water partition coefficient (Wildman–Crippen LogP) is 2.53. The molecule has 0 unspecified atom stereocenters. The summed E-state index contributed by atoms with van der Waals surface area (Å²) in [7, 11) is 0. The van der Waals surface area contributed by atoms with E-state index in [9.17, 15) is 0 Å². The molecule has 0 aromatic carbocycles. The summed E-state index contributed by atoms with van der Waals surface area (Å²) in [6.07, 6.45) is -0.00718. The molecular weight excluding hydrogens is 274 g/mol. The Balaban J connectivity index is 2.07. The molecule has 0 fully saturated rings. The van der Waals surface area contributed by atoms with Gasteiger partial charge >= 0.3 is 6.01 Å². The van der Waals surface area contributed by atoms with Crippen molar-refractivity contribution in [3.8, 4) is 6.01 Å². The van der Waals surface area contributed by atoms with Crippen molar-refractivity contribution in [1.29, 1.82) is 0 Å². The van der Waals surface area contributed by atoms with E-state index in [-0.39, 0.29) is 18.1 Å². The number of ether oxygens (including phenoxy) is 1. The highest BCUT2D eigenvalue weighted by Gasteiger charge is 2.08. The van der Waals surface area contributed by atoms with Gasteiger partial charge < -0.3 is 15.8 Å². The van der Waals surface area contributed by atoms with Crippen molar-refractivity contribution in [2.45, 2.75) is 40.3 Å². The van der Waals surface area contributed by atoms with Gasteiger partial charge in [-0.2, -0.15) is 15.0 Å². The Hall–Kier alpha value is -1.89. The molecule has 0 atom stereocenters. The van der Waals surface area contributed by atoms with Gasteiger partial charge in [0.1, 0.15) is 0 Å². The van der Waals surface area contributed by atoms with Crippen LogP contribution in [-0.4, -0.2) is 21.1 Å². The lowest BCUT2D eigenvalue weighted by Crippen LogP contribution is -2.12. The molecule has 2 aromatic heterocycles. The number of hydrogen-bond acceptors (Lipinski definition) is 7. The molecule has 0 radical (unpaired) electrons. The van der Waals surface area contributed by atoms with Crippen molar-refractivity contribution in [3.05, 3.63) is 21.4 Å². The molecule has 0 aliphatic heterocycles. The Bertz CT molecular complexity index is 577. The average molecular weight is 293 g/mol. The largest absolute Gasteiger partial charge is 0.461 e. The molecule has 0 saturated carbocycles. The highest BCUT2D eigenvalue weighted by molar-refractivity contribution is 7.12. The molecular formula is C13H19N5OS. The maximum absolute atomic E-state index is 5.65. The summed E-state index contributed by atoms with van der Waals surface area (Å²) in [4.78, 5) is 14.7. The number of nitrogens with one attached hydrogen (secondary N) is 1. The molecule has 6 nitrogen and oxygen atoms in total. The highest BCUT2D eigenvalue weighted by Crippen LogP contribution is 2.21. The molecule has 2 heterocycles. The van der Waals surface area contributed by atoms with Gasteiger partial charge in [-0.15, -0.1) is 11.3 Å². The molecule has 2 aromatic rings. The van der Waals surface area contributed by atoms with Crippen LogP contribution in [0.4, 0.5) is 11.9 Å². The van der Waals surface area contributed by atoms with Crippen molar-refractivity contribution in [1.82, 2.24) is 15.0 Å². The summed E-state index contributed by atoms with van der Waals surface area (Å²) in [5.74, 6) is 0.577. The van der Waals surface area contributed by atoms with Crippen LogP contribution in [0.15, 0.2) is 6.07 Å². The second-order valence-electron chi connectivity index (χ2n) is 4.77. The fourth-order valence-electron chi connectivity index (χ4n) is 1.62. The third-order valence-electron chi connectivity index (χ3n) is 2.61. The molecule has 7 heteroatoms. The number of thiophene rings is 1. The number of aryl methyl sites for hydroxylation is 2. The van der Waals surface area contributed by atoms with Crippen LogP contribution in [-0.2, 0) is 6.54 Å². The zero-order chi connectivity index (χ0) is 14.7. The van der Waals surface area contributed by atoms with Crippen molar-refractivity contribution in [2.75, 3.05) is 11.1 Å². The van der Waals surface area contributed by atoms with Crippen molar-refractivity contribution >= 4 is 23.2 Å². The number of nitrogens with two attached hydrogens (primary N) is 1. The molecule has 0 bridgehead atoms. The Kier molecular flexibility index (Phi) is 4.39. The third kappa shape index (κ3) is 3.80. The Labute approximate surface area is 122 Å². The van der Waals surface area contributed by atoms with E-state index in [1.165, 1.54) is 15.3 Å². The van der Waals surface area contributed by atoms with Crippen molar-refractivity contribution in [3.63, 3.8) is 0 Å². The summed E-state index contributed by atoms with van der Waals surface area (Å²) >= 11 is 1.76. The first-order valence-electron chi connectivity index (χ1n) is 6.42. The van der Waals surface area contributed by atoms with Gasteiger partial charge in [0.2, 0.25) is 11.9 Å². The maximum Gasteiger partial charge on any atom is 0.323 e. The Morgan fingerprint density at radius 3 is 2.65 bits per heavy atom. The standard InChI is InChI=1S/C13H19N5OS/c1-7(2)19-13-17-11(14)16-12(18-13)15-6-10-5-8(3)9(4)20-10/h5,7H,6H2,1-4H3,(H3,14,15,16,17,18). The van der Waals surface area contributed by atoms with Crippen LogP contribution in [0.1, 0.15) is 29.2 Å². The number of rotatable bonds is 5. The van der Waals surface area contributed by atoms with Crippen LogP contribution in [0.2, 0.25) is 0 Å². The normalized spacial score (nSPS) is 10.8. The molecule has 20 heavy (non-hydrogen) atoms. The lowest BCUT2D eigenvalue weighted by Gasteiger charge is -2.09. The van der Waals surface area contributed by atoms with E-state index in [1.54, 1.807) is 11.3 Å². The number of aromatic nitrogens is 3. The second kappa shape index (κ2) is 6.04. The minimum Gasteiger partial charge on any atom is -0.461 e. The third-order valence-corrected chi connectivity index (χ3v) is 3.76. The van der Waals surface area contributed by atoms with Crippen LogP contribution in [0.5, 0.6) is 6.01 Å². The topological polar surface area (TPSA) is 86.0 Å². The van der Waals surface area contributed by atoms with E-state index in [2.05, 4.69) is 40.2 Å². The van der Waals surface area contributed by atoms with Crippen molar-refractivity contribution in [2.24, 2.45) is 0 Å². The predicted molar refractivity (Wildman–Crippen MR) is 81.1 cm³/mol. The molecule has 2 rings (SSSR count). The van der Waals surface area contributed by atoms with Crippen LogP contribution in [0.25, 0.3) is 0 Å². The van der Waals surface area contributed by atoms with Gasteiger partial charge in [0.05, 0.1) is 12.6 Å². The number of nitrogen functional groups attached to an aromatic ring is 1. The minimum absolute atomic E-state index is 0.00718. The van der Waals surface area contributed by atoms with E-state index in [4.69, 9.17) is 10.5 Å². The van der Waals surface area contributed by atoms with Gasteiger partial charge in [-0.1, -0.05) is 0 Å². The monoisotopic (exact) mass is 293 g/mol. The van der Waals surface area contributed by atoms with Gasteiger partial charge in [0.15, 0.2) is 0 Å². The molecule has 0 aliphatic rings. The van der Waals surface area contributed by atoms with Crippen molar-refractivity contribution < 1.29 is 4.74 Å². The molecule has 108 valence electrons. The van der Waals surface area contributed by atoms with E-state index in [0.29, 0.717) is 12.5 Å². The van der Waals surface area contributed by atoms with Gasteiger partial charge in [0.25, 0.3) is 0 Å². The smallest absolute Gasteiger partial charge is 0.323 e. The second-order valence-corrected chi connectivity index (χ2v) is 6.11. The number of anilines is 2. The zero-order valence-electron chi connectivity index (χ0n) is 12.1. The summed E-state index contributed by atoms with van der Waals surface area (Å²) in [5, 5.41) is 3.14. The quantitative estimate of drug-likeness (QED) is 0.881. The minimum atomic E-state index is -0.00718. The van der Waals surface area contributed by atoms with Crippen LogP contribution >= 0.6 is 11.3 Å². The summed E-state index contributed by atoms with van der Waals surface area (Å²) in [6, 6.07) is 2.40. The zero-order valence-corrected chi connectivity index (χ0v) is 12.9. The van der Waals surface area contributed by atoms with Gasteiger partial charge in [-0.3, -0.25) is 0 Å². The molecule has 0 saturated heterocycles. The fourth-order valence-corrected chi connectivity index (χ4v) is 2.61. The Morgan fingerprint density at radius 1 is 1.30 bits per heavy atom. The molecule has 3 N–H and O–H groups in total. The fraction of sp³-hybridized carbons (Fsp3) is 0.462. The average Bonchev–Trinajstić information content (AvgIpc) is 2.65. The lowest BCUT2D eigenvalue weighted by atomic mass is 10.3. The first-order chi connectivity index (χ1) is 9.44. The summed E-state index contributed by atoms with van der Waals surface area (Å²) < 4.78 is 5.43. The SMILES string of the molecule is Cc1cc(CNc2nc(N)nc(OC(C)C)n2)sc1C. The summed E-state index contributed by atoms with van der Waals surface area (Å²) in [6.45, 7) is 8.68. The lowest BCUT2D eigenvalue weighted by molar-refractivity contribution is 0.222. The van der Waals surface area contributed by atoms with Gasteiger partial charge in [-0.05, 0) is 39.3 Å². The highest BCUT2D eigenvalue weighted by atomic mass is 32.1. The maximum atomic E-state index is 5.65. The molecule has 0 aliphatic carbocycles. The van der Waals surface area contributed by atoms with Gasteiger partial charge in [-0.25, -0.2) is 0 Å². The van der Waals surface area contributed by atoms with Crippen LogP contribution in [0, 0.1) is 13.8 Å². The Morgan fingerprint density at radius 2 is 2.05 bits per heavy atom. The van der Waals surface area contributed by atoms with E-state index >= 15 is 0 Å². The van der Waals surface area contributed by atoms with Crippen LogP contribution < -0.4 is 15.8 Å². The summed E-state index contributed by atoms with van der Waals surface area (Å²) in [5.41, 5.74) is 6.95. The number of nitrogens with zero attached hydrogens (tertiary/aromatic N) is 3. The molecule has 0 amide bonds. The van der Waals surface area contributed by atoms with E-state index in [1.807, 2.05) is 13.8 Å². The van der Waals surface area contributed by atoms with E-state index in [0.717, 1.165) is 0 Å². The number of hydrogen-bond donors (Lipinski definition) is 2. The molecule has 0 spiro atoms. The van der Waals surface area contributed by atoms with Gasteiger partial charge in [0, 0.05) is 9.75 Å². The first kappa shape index (κ1) is 14.5. The van der Waals surface area contributed by atoms with E-state index < -0.39 is 0 Å². The first-order valence-corrected chi connectivity index (χ1v) is 7.23. The van der Waals surface area contributed by atoms with Crippen LogP contribution in [0.3, 0.4) is 0 Å².